The molecule has 156 valence electrons. The quantitative estimate of drug-likeness (QED) is 0.401. The molecule has 8 heteroatoms. The Morgan fingerprint density at radius 2 is 1.84 bits per heavy atom. The minimum absolute atomic E-state index is 0.247. The predicted molar refractivity (Wildman–Crippen MR) is 119 cm³/mol. The Morgan fingerprint density at radius 1 is 1.06 bits per heavy atom. The van der Waals surface area contributed by atoms with Crippen molar-refractivity contribution >= 4 is 28.8 Å². The van der Waals surface area contributed by atoms with Gasteiger partial charge in [-0.2, -0.15) is 0 Å². The maximum Gasteiger partial charge on any atom is 0.271 e. The molecule has 2 heterocycles. The van der Waals surface area contributed by atoms with Crippen LogP contribution in [0.4, 0.5) is 4.39 Å². The van der Waals surface area contributed by atoms with Gasteiger partial charge in [-0.05, 0) is 47.5 Å². The lowest BCUT2D eigenvalue weighted by molar-refractivity contribution is 0.0946. The van der Waals surface area contributed by atoms with Gasteiger partial charge >= 0.3 is 0 Å². The number of hydrogen-bond acceptors (Lipinski definition) is 5. The van der Waals surface area contributed by atoms with Crippen LogP contribution >= 0.6 is 22.9 Å². The number of carbonyl (C=O) groups excluding carboxylic acids is 1. The van der Waals surface area contributed by atoms with Crippen LogP contribution in [0.15, 0.2) is 72.4 Å². The van der Waals surface area contributed by atoms with Crippen LogP contribution in [0.3, 0.4) is 0 Å². The summed E-state index contributed by atoms with van der Waals surface area (Å²) in [6.45, 7) is 0.664. The lowest BCUT2D eigenvalue weighted by Crippen LogP contribution is -2.23. The van der Waals surface area contributed by atoms with E-state index in [1.807, 2.05) is 24.3 Å². The summed E-state index contributed by atoms with van der Waals surface area (Å²) >= 11 is 7.08. The summed E-state index contributed by atoms with van der Waals surface area (Å²) in [5.74, 6) is -0.377. The molecule has 0 aliphatic rings. The number of carbonyl (C=O) groups is 1. The molecule has 0 radical (unpaired) electrons. The lowest BCUT2D eigenvalue weighted by Gasteiger charge is -2.08. The Morgan fingerprint density at radius 3 is 2.58 bits per heavy atom. The molecule has 0 saturated heterocycles. The van der Waals surface area contributed by atoms with Gasteiger partial charge in [-0.15, -0.1) is 11.3 Å². The van der Waals surface area contributed by atoms with Crippen LogP contribution in [0, 0.1) is 5.82 Å². The third-order valence-corrected chi connectivity index (χ3v) is 5.56. The maximum atomic E-state index is 14.7. The molecule has 0 bridgehead atoms. The van der Waals surface area contributed by atoms with Crippen molar-refractivity contribution in [2.45, 2.75) is 13.2 Å². The first-order chi connectivity index (χ1) is 15.1. The summed E-state index contributed by atoms with van der Waals surface area (Å²) in [6, 6.07) is 15.5. The van der Waals surface area contributed by atoms with E-state index in [1.165, 1.54) is 17.4 Å². The van der Waals surface area contributed by atoms with Crippen molar-refractivity contribution in [3.05, 3.63) is 100 Å². The van der Waals surface area contributed by atoms with Crippen molar-refractivity contribution in [2.24, 2.45) is 0 Å². The molecule has 0 aliphatic carbocycles. The zero-order chi connectivity index (χ0) is 21.6. The molecule has 0 unspecified atom stereocenters. The molecule has 2 aromatic carbocycles. The molecular weight excluding hydrogens is 437 g/mol. The first-order valence-corrected chi connectivity index (χ1v) is 10.6. The predicted octanol–water partition coefficient (Wildman–Crippen LogP) is 5.51. The van der Waals surface area contributed by atoms with Crippen molar-refractivity contribution in [1.29, 1.82) is 0 Å². The Bertz CT molecular complexity index is 1180. The number of nitrogens with zero attached hydrogens (tertiary/aromatic N) is 2. The van der Waals surface area contributed by atoms with Crippen LogP contribution in [0.1, 0.15) is 21.6 Å². The van der Waals surface area contributed by atoms with E-state index >= 15 is 0 Å². The summed E-state index contributed by atoms with van der Waals surface area (Å²) in [5.41, 5.74) is 2.42. The first kappa shape index (κ1) is 21.0. The van der Waals surface area contributed by atoms with Crippen LogP contribution in [0.25, 0.3) is 10.6 Å². The standard InChI is InChI=1S/C23H17ClFN3O2S/c24-17-3-1-16(2-4-17)13-30-18-5-6-19(20(25)11-18)23-28-21(14-31-23)22(29)27-12-15-7-9-26-10-8-15/h1-11,14H,12-13H2,(H,27,29). The van der Waals surface area contributed by atoms with Gasteiger partial charge < -0.3 is 10.1 Å². The van der Waals surface area contributed by atoms with E-state index in [-0.39, 0.29) is 11.6 Å². The highest BCUT2D eigenvalue weighted by molar-refractivity contribution is 7.13. The second-order valence-electron chi connectivity index (χ2n) is 6.63. The van der Waals surface area contributed by atoms with E-state index in [2.05, 4.69) is 15.3 Å². The number of amides is 1. The minimum atomic E-state index is -0.466. The van der Waals surface area contributed by atoms with Gasteiger partial charge in [0, 0.05) is 41.0 Å². The fourth-order valence-corrected chi connectivity index (χ4v) is 3.73. The topological polar surface area (TPSA) is 64.1 Å². The molecule has 1 N–H and O–H groups in total. The van der Waals surface area contributed by atoms with Crippen LogP contribution in [-0.4, -0.2) is 15.9 Å². The van der Waals surface area contributed by atoms with E-state index in [1.54, 1.807) is 42.0 Å². The van der Waals surface area contributed by atoms with Crippen LogP contribution in [0.2, 0.25) is 5.02 Å². The van der Waals surface area contributed by atoms with Crippen LogP contribution in [0.5, 0.6) is 5.75 Å². The largest absolute Gasteiger partial charge is 0.489 e. The summed E-state index contributed by atoms with van der Waals surface area (Å²) in [6.07, 6.45) is 3.32. The molecule has 4 aromatic rings. The first-order valence-electron chi connectivity index (χ1n) is 9.38. The Labute approximate surface area is 187 Å². The zero-order valence-electron chi connectivity index (χ0n) is 16.2. The van der Waals surface area contributed by atoms with Gasteiger partial charge in [-0.1, -0.05) is 23.7 Å². The Kier molecular flexibility index (Phi) is 6.54. The number of benzene rings is 2. The third kappa shape index (κ3) is 5.45. The van der Waals surface area contributed by atoms with Crippen LogP contribution < -0.4 is 10.1 Å². The van der Waals surface area contributed by atoms with Gasteiger partial charge in [0.2, 0.25) is 0 Å². The molecule has 2 aromatic heterocycles. The Balaban J connectivity index is 1.39. The van der Waals surface area contributed by atoms with Crippen molar-refractivity contribution in [3.8, 4) is 16.3 Å². The summed E-state index contributed by atoms with van der Waals surface area (Å²) in [4.78, 5) is 20.6. The Hall–Kier alpha value is -3.29. The molecule has 0 saturated carbocycles. The van der Waals surface area contributed by atoms with Crippen molar-refractivity contribution < 1.29 is 13.9 Å². The molecule has 0 spiro atoms. The number of rotatable bonds is 7. The summed E-state index contributed by atoms with van der Waals surface area (Å²) in [5, 5.41) is 5.48. The number of pyridine rings is 1. The minimum Gasteiger partial charge on any atom is -0.489 e. The van der Waals surface area contributed by atoms with Crippen LogP contribution in [-0.2, 0) is 13.2 Å². The maximum absolute atomic E-state index is 14.7. The van der Waals surface area contributed by atoms with E-state index in [0.717, 1.165) is 11.1 Å². The summed E-state index contributed by atoms with van der Waals surface area (Å²) < 4.78 is 20.3. The smallest absolute Gasteiger partial charge is 0.271 e. The number of halogens is 2. The molecule has 0 aliphatic heterocycles. The number of thiazole rings is 1. The third-order valence-electron chi connectivity index (χ3n) is 4.43. The zero-order valence-corrected chi connectivity index (χ0v) is 17.8. The molecule has 4 rings (SSSR count). The van der Waals surface area contributed by atoms with Gasteiger partial charge in [0.15, 0.2) is 0 Å². The molecule has 1 amide bonds. The summed E-state index contributed by atoms with van der Waals surface area (Å²) in [7, 11) is 0. The van der Waals surface area contributed by atoms with E-state index in [9.17, 15) is 9.18 Å². The van der Waals surface area contributed by atoms with E-state index in [0.29, 0.717) is 34.5 Å². The van der Waals surface area contributed by atoms with Crippen molar-refractivity contribution in [2.75, 3.05) is 0 Å². The highest BCUT2D eigenvalue weighted by Gasteiger charge is 2.15. The van der Waals surface area contributed by atoms with Crippen molar-refractivity contribution in [3.63, 3.8) is 0 Å². The van der Waals surface area contributed by atoms with E-state index < -0.39 is 5.82 Å². The number of hydrogen-bond donors (Lipinski definition) is 1. The van der Waals surface area contributed by atoms with Gasteiger partial charge in [-0.3, -0.25) is 9.78 Å². The molecule has 5 nitrogen and oxygen atoms in total. The van der Waals surface area contributed by atoms with Gasteiger partial charge in [-0.25, -0.2) is 9.37 Å². The normalized spacial score (nSPS) is 10.6. The highest BCUT2D eigenvalue weighted by Crippen LogP contribution is 2.29. The average molecular weight is 454 g/mol. The number of ether oxygens (including phenoxy) is 1. The second-order valence-corrected chi connectivity index (χ2v) is 7.93. The highest BCUT2D eigenvalue weighted by atomic mass is 35.5. The number of nitrogens with one attached hydrogen (secondary N) is 1. The molecular formula is C23H17ClFN3O2S. The van der Waals surface area contributed by atoms with Gasteiger partial charge in [0.1, 0.15) is 28.9 Å². The van der Waals surface area contributed by atoms with Gasteiger partial charge in [0.05, 0.1) is 0 Å². The SMILES string of the molecule is O=C(NCc1ccncc1)c1csc(-c2ccc(OCc3ccc(Cl)cc3)cc2F)n1. The fraction of sp³-hybridized carbons (Fsp3) is 0.0870. The lowest BCUT2D eigenvalue weighted by atomic mass is 10.2. The molecule has 0 atom stereocenters. The molecule has 31 heavy (non-hydrogen) atoms. The monoisotopic (exact) mass is 453 g/mol. The second kappa shape index (κ2) is 9.68. The van der Waals surface area contributed by atoms with E-state index in [4.69, 9.17) is 16.3 Å². The fourth-order valence-electron chi connectivity index (χ4n) is 2.78. The average Bonchev–Trinajstić information content (AvgIpc) is 3.28. The van der Waals surface area contributed by atoms with Crippen molar-refractivity contribution in [1.82, 2.24) is 15.3 Å². The molecule has 0 fully saturated rings. The number of aromatic nitrogens is 2. The van der Waals surface area contributed by atoms with Gasteiger partial charge in [0.25, 0.3) is 5.91 Å².